The Morgan fingerprint density at radius 3 is 2.81 bits per heavy atom. The molecule has 0 aliphatic heterocycles. The average molecular weight is 218 g/mol. The molecule has 0 atom stereocenters. The Labute approximate surface area is 93.5 Å². The van der Waals surface area contributed by atoms with Gasteiger partial charge in [-0.2, -0.15) is 10.2 Å². The SMILES string of the molecule is CCn1nc(C)c(-c2[nH]ncc2C=O)c1C. The van der Waals surface area contributed by atoms with Gasteiger partial charge in [-0.3, -0.25) is 14.6 Å². The first kappa shape index (κ1) is 10.6. The largest absolute Gasteiger partial charge is 0.298 e. The summed E-state index contributed by atoms with van der Waals surface area (Å²) in [6.07, 6.45) is 2.34. The van der Waals surface area contributed by atoms with E-state index in [0.717, 1.165) is 35.5 Å². The van der Waals surface area contributed by atoms with Gasteiger partial charge in [0.15, 0.2) is 6.29 Å². The Hall–Kier alpha value is -1.91. The molecule has 0 amide bonds. The topological polar surface area (TPSA) is 63.6 Å². The van der Waals surface area contributed by atoms with E-state index in [2.05, 4.69) is 15.3 Å². The molecule has 2 aromatic rings. The van der Waals surface area contributed by atoms with Crippen molar-refractivity contribution in [3.05, 3.63) is 23.1 Å². The molecule has 2 aromatic heterocycles. The standard InChI is InChI=1S/C11H14N4O/c1-4-15-8(3)10(7(2)14-15)11-9(6-16)5-12-13-11/h5-6H,4H2,1-3H3,(H,12,13). The zero-order valence-electron chi connectivity index (χ0n) is 9.61. The van der Waals surface area contributed by atoms with Crippen molar-refractivity contribution < 1.29 is 4.79 Å². The van der Waals surface area contributed by atoms with E-state index < -0.39 is 0 Å². The number of carbonyl (C=O) groups excluding carboxylic acids is 1. The van der Waals surface area contributed by atoms with E-state index in [-0.39, 0.29) is 0 Å². The van der Waals surface area contributed by atoms with Gasteiger partial charge in [0.25, 0.3) is 0 Å². The molecule has 0 bridgehead atoms. The monoisotopic (exact) mass is 218 g/mol. The summed E-state index contributed by atoms with van der Waals surface area (Å²) in [6, 6.07) is 0. The molecule has 0 aromatic carbocycles. The van der Waals surface area contributed by atoms with E-state index in [1.807, 2.05) is 25.5 Å². The summed E-state index contributed by atoms with van der Waals surface area (Å²) in [6.45, 7) is 6.78. The molecular weight excluding hydrogens is 204 g/mol. The molecule has 84 valence electrons. The molecule has 0 saturated heterocycles. The molecule has 16 heavy (non-hydrogen) atoms. The number of hydrogen-bond donors (Lipinski definition) is 1. The second-order valence-corrected chi connectivity index (χ2v) is 3.68. The summed E-state index contributed by atoms with van der Waals surface area (Å²) < 4.78 is 1.92. The van der Waals surface area contributed by atoms with Crippen molar-refractivity contribution in [1.29, 1.82) is 0 Å². The molecule has 5 heteroatoms. The lowest BCUT2D eigenvalue weighted by molar-refractivity contribution is 0.112. The lowest BCUT2D eigenvalue weighted by Gasteiger charge is -2.01. The van der Waals surface area contributed by atoms with Crippen LogP contribution in [-0.2, 0) is 6.54 Å². The number of nitrogens with zero attached hydrogens (tertiary/aromatic N) is 3. The Morgan fingerprint density at radius 2 is 2.25 bits per heavy atom. The van der Waals surface area contributed by atoms with Crippen LogP contribution in [0.5, 0.6) is 0 Å². The Kier molecular flexibility index (Phi) is 2.60. The molecule has 0 saturated carbocycles. The van der Waals surface area contributed by atoms with Crippen LogP contribution in [0.2, 0.25) is 0 Å². The molecule has 0 aliphatic carbocycles. The highest BCUT2D eigenvalue weighted by atomic mass is 16.1. The summed E-state index contributed by atoms with van der Waals surface area (Å²) in [5.74, 6) is 0. The Bertz CT molecular complexity index is 524. The van der Waals surface area contributed by atoms with Crippen molar-refractivity contribution in [2.45, 2.75) is 27.3 Å². The number of hydrogen-bond acceptors (Lipinski definition) is 3. The van der Waals surface area contributed by atoms with Crippen LogP contribution in [0.1, 0.15) is 28.7 Å². The van der Waals surface area contributed by atoms with Crippen LogP contribution < -0.4 is 0 Å². The van der Waals surface area contributed by atoms with Crippen LogP contribution in [0.4, 0.5) is 0 Å². The second-order valence-electron chi connectivity index (χ2n) is 3.68. The van der Waals surface area contributed by atoms with Gasteiger partial charge >= 0.3 is 0 Å². The lowest BCUT2D eigenvalue weighted by Crippen LogP contribution is -1.98. The van der Waals surface area contributed by atoms with Gasteiger partial charge in [-0.15, -0.1) is 0 Å². The van der Waals surface area contributed by atoms with Crippen molar-refractivity contribution >= 4 is 6.29 Å². The highest BCUT2D eigenvalue weighted by molar-refractivity contribution is 5.86. The second kappa shape index (κ2) is 3.92. The molecule has 2 heterocycles. The van der Waals surface area contributed by atoms with E-state index in [1.165, 1.54) is 6.20 Å². The molecule has 0 aliphatic rings. The van der Waals surface area contributed by atoms with Gasteiger partial charge in [0.1, 0.15) is 0 Å². The molecular formula is C11H14N4O. The van der Waals surface area contributed by atoms with E-state index in [0.29, 0.717) is 5.56 Å². The zero-order chi connectivity index (χ0) is 11.7. The molecule has 0 fully saturated rings. The Morgan fingerprint density at radius 1 is 1.50 bits per heavy atom. The number of nitrogens with one attached hydrogen (secondary N) is 1. The quantitative estimate of drug-likeness (QED) is 0.798. The van der Waals surface area contributed by atoms with Gasteiger partial charge in [-0.05, 0) is 20.8 Å². The van der Waals surface area contributed by atoms with Gasteiger partial charge in [-0.1, -0.05) is 0 Å². The predicted octanol–water partition coefficient (Wildman–Crippen LogP) is 1.72. The van der Waals surface area contributed by atoms with E-state index >= 15 is 0 Å². The van der Waals surface area contributed by atoms with Crippen molar-refractivity contribution in [2.24, 2.45) is 0 Å². The van der Waals surface area contributed by atoms with Crippen LogP contribution in [0, 0.1) is 13.8 Å². The van der Waals surface area contributed by atoms with Crippen LogP contribution in [0.25, 0.3) is 11.3 Å². The maximum atomic E-state index is 10.9. The van der Waals surface area contributed by atoms with E-state index in [9.17, 15) is 4.79 Å². The minimum absolute atomic E-state index is 0.571. The van der Waals surface area contributed by atoms with Crippen LogP contribution in [-0.4, -0.2) is 26.3 Å². The van der Waals surface area contributed by atoms with Gasteiger partial charge in [0.2, 0.25) is 0 Å². The third kappa shape index (κ3) is 1.44. The van der Waals surface area contributed by atoms with Gasteiger partial charge in [0, 0.05) is 17.8 Å². The summed E-state index contributed by atoms with van der Waals surface area (Å²) in [4.78, 5) is 10.9. The molecule has 0 radical (unpaired) electrons. The maximum Gasteiger partial charge on any atom is 0.153 e. The fraction of sp³-hybridized carbons (Fsp3) is 0.364. The molecule has 5 nitrogen and oxygen atoms in total. The summed E-state index contributed by atoms with van der Waals surface area (Å²) in [7, 11) is 0. The smallest absolute Gasteiger partial charge is 0.153 e. The predicted molar refractivity (Wildman–Crippen MR) is 60.3 cm³/mol. The van der Waals surface area contributed by atoms with Crippen molar-refractivity contribution in [2.75, 3.05) is 0 Å². The number of aldehydes is 1. The maximum absolute atomic E-state index is 10.9. The van der Waals surface area contributed by atoms with Crippen molar-refractivity contribution in [3.63, 3.8) is 0 Å². The first-order valence-electron chi connectivity index (χ1n) is 5.22. The minimum Gasteiger partial charge on any atom is -0.298 e. The molecule has 0 spiro atoms. The number of aromatic nitrogens is 4. The molecule has 0 unspecified atom stereocenters. The van der Waals surface area contributed by atoms with Crippen molar-refractivity contribution in [3.8, 4) is 11.3 Å². The van der Waals surface area contributed by atoms with Crippen molar-refractivity contribution in [1.82, 2.24) is 20.0 Å². The number of aryl methyl sites for hydroxylation is 2. The fourth-order valence-corrected chi connectivity index (χ4v) is 1.95. The zero-order valence-corrected chi connectivity index (χ0v) is 9.61. The summed E-state index contributed by atoms with van der Waals surface area (Å²) >= 11 is 0. The Balaban J connectivity index is 2.64. The number of carbonyl (C=O) groups is 1. The first-order valence-corrected chi connectivity index (χ1v) is 5.22. The minimum atomic E-state index is 0.571. The van der Waals surface area contributed by atoms with Crippen LogP contribution >= 0.6 is 0 Å². The van der Waals surface area contributed by atoms with Gasteiger partial charge < -0.3 is 0 Å². The lowest BCUT2D eigenvalue weighted by atomic mass is 10.1. The summed E-state index contributed by atoms with van der Waals surface area (Å²) in [5.41, 5.74) is 4.26. The highest BCUT2D eigenvalue weighted by Crippen LogP contribution is 2.27. The van der Waals surface area contributed by atoms with Gasteiger partial charge in [0.05, 0.1) is 23.1 Å². The first-order chi connectivity index (χ1) is 7.69. The van der Waals surface area contributed by atoms with E-state index in [4.69, 9.17) is 0 Å². The highest BCUT2D eigenvalue weighted by Gasteiger charge is 2.16. The number of H-pyrrole nitrogens is 1. The third-order valence-electron chi connectivity index (χ3n) is 2.73. The van der Waals surface area contributed by atoms with E-state index in [1.54, 1.807) is 0 Å². The molecule has 1 N–H and O–H groups in total. The number of aromatic amines is 1. The van der Waals surface area contributed by atoms with Crippen LogP contribution in [0.3, 0.4) is 0 Å². The number of rotatable bonds is 3. The van der Waals surface area contributed by atoms with Gasteiger partial charge in [-0.25, -0.2) is 0 Å². The summed E-state index contributed by atoms with van der Waals surface area (Å²) in [5, 5.41) is 11.2. The fourth-order valence-electron chi connectivity index (χ4n) is 1.95. The average Bonchev–Trinajstić information content (AvgIpc) is 2.83. The molecule has 2 rings (SSSR count). The van der Waals surface area contributed by atoms with Crippen LogP contribution in [0.15, 0.2) is 6.20 Å². The third-order valence-corrected chi connectivity index (χ3v) is 2.73. The normalized spacial score (nSPS) is 10.7.